The molecule has 3 nitrogen and oxygen atoms in total. The maximum Gasteiger partial charge on any atom is 0.277 e. The fraction of sp³-hybridized carbons (Fsp3) is 0.333. The molecule has 0 aliphatic heterocycles. The molecule has 2 rings (SSSR count). The first-order valence-corrected chi connectivity index (χ1v) is 7.19. The molecule has 0 aromatic heterocycles. The molecule has 0 fully saturated rings. The molecule has 116 valence electrons. The molecule has 0 atom stereocenters. The first kappa shape index (κ1) is 18.1. The molecule has 0 aliphatic carbocycles. The van der Waals surface area contributed by atoms with Gasteiger partial charge < -0.3 is 15.0 Å². The topological polar surface area (TPSA) is 43.7 Å². The van der Waals surface area contributed by atoms with Gasteiger partial charge in [-0.15, -0.1) is 0 Å². The van der Waals surface area contributed by atoms with E-state index in [-0.39, 0.29) is 5.54 Å². The van der Waals surface area contributed by atoms with Crippen LogP contribution in [-0.2, 0) is 0 Å². The number of phenols is 1. The Balaban J connectivity index is 0.00000116. The highest BCUT2D eigenvalue weighted by molar-refractivity contribution is 5.95. The number of nitrogens with zero attached hydrogens (tertiary/aromatic N) is 1. The molecule has 22 heavy (non-hydrogen) atoms. The van der Waals surface area contributed by atoms with Crippen LogP contribution in [0.1, 0.15) is 26.3 Å². The van der Waals surface area contributed by atoms with Gasteiger partial charge in [0.25, 0.3) is 8.05 Å². The summed E-state index contributed by atoms with van der Waals surface area (Å²) in [5.41, 5.74) is 4.16. The fourth-order valence-electron chi connectivity index (χ4n) is 2.17. The van der Waals surface area contributed by atoms with Gasteiger partial charge in [0.1, 0.15) is 5.75 Å². The van der Waals surface area contributed by atoms with Gasteiger partial charge in [-0.05, 0) is 45.4 Å². The van der Waals surface area contributed by atoms with Crippen molar-refractivity contribution in [2.45, 2.75) is 33.2 Å². The van der Waals surface area contributed by atoms with Crippen LogP contribution in [0.3, 0.4) is 0 Å². The number of benzene rings is 2. The van der Waals surface area contributed by atoms with E-state index in [1.807, 2.05) is 31.3 Å². The van der Waals surface area contributed by atoms with E-state index in [1.54, 1.807) is 0 Å². The zero-order valence-corrected chi connectivity index (χ0v) is 14.0. The Bertz CT molecular complexity index is 621. The summed E-state index contributed by atoms with van der Waals surface area (Å²) >= 11 is 0. The first-order chi connectivity index (χ1) is 10.3. The Morgan fingerprint density at radius 1 is 1.00 bits per heavy atom. The summed E-state index contributed by atoms with van der Waals surface area (Å²) in [6.07, 6.45) is 0. The lowest BCUT2D eigenvalue weighted by Gasteiger charge is -2.34. The first-order valence-electron chi connectivity index (χ1n) is 7.19. The summed E-state index contributed by atoms with van der Waals surface area (Å²) in [6.45, 7) is 8.51. The van der Waals surface area contributed by atoms with E-state index in [0.717, 1.165) is 16.8 Å². The van der Waals surface area contributed by atoms with Crippen molar-refractivity contribution >= 4 is 13.7 Å². The minimum atomic E-state index is 0.0251. The number of rotatable bonds is 2. The predicted molar refractivity (Wildman–Crippen MR) is 94.4 cm³/mol. The normalized spacial score (nSPS) is 10.6. The molecule has 2 aromatic rings. The predicted octanol–water partition coefficient (Wildman–Crippen LogP) is 3.66. The Labute approximate surface area is 134 Å². The van der Waals surface area contributed by atoms with Gasteiger partial charge >= 0.3 is 0 Å². The Kier molecular flexibility index (Phi) is 6.06. The molecule has 0 heterocycles. The third-order valence-corrected chi connectivity index (χ3v) is 3.70. The second-order valence-electron chi connectivity index (χ2n) is 6.30. The standard InChI is InChI=1S/C18H23NO.BHO/c1-13-7-6-8-14(11-13)16-10-9-15(12-17(16)20)19(5)18(2,3)4;1-2/h6-12,20H,1-5H3;2H. The Morgan fingerprint density at radius 2 is 1.64 bits per heavy atom. The average Bonchev–Trinajstić information content (AvgIpc) is 2.47. The van der Waals surface area contributed by atoms with Crippen molar-refractivity contribution in [2.24, 2.45) is 0 Å². The highest BCUT2D eigenvalue weighted by atomic mass is 16.3. The van der Waals surface area contributed by atoms with Crippen LogP contribution in [0.2, 0.25) is 0 Å². The quantitative estimate of drug-likeness (QED) is 0.831. The van der Waals surface area contributed by atoms with Crippen molar-refractivity contribution in [3.8, 4) is 16.9 Å². The number of aryl methyl sites for hydroxylation is 1. The lowest BCUT2D eigenvalue weighted by Crippen LogP contribution is -2.37. The molecule has 2 N–H and O–H groups in total. The van der Waals surface area contributed by atoms with Crippen LogP contribution in [0.4, 0.5) is 5.69 Å². The third kappa shape index (κ3) is 4.28. The zero-order chi connectivity index (χ0) is 16.9. The van der Waals surface area contributed by atoms with Crippen molar-refractivity contribution in [1.82, 2.24) is 0 Å². The van der Waals surface area contributed by atoms with Crippen LogP contribution in [0.25, 0.3) is 11.1 Å². The highest BCUT2D eigenvalue weighted by Crippen LogP contribution is 2.34. The van der Waals surface area contributed by atoms with E-state index >= 15 is 0 Å². The molecule has 0 unspecified atom stereocenters. The van der Waals surface area contributed by atoms with Crippen molar-refractivity contribution in [3.05, 3.63) is 48.0 Å². The average molecular weight is 297 g/mol. The molecule has 0 aliphatic rings. The highest BCUT2D eigenvalue weighted by Gasteiger charge is 2.18. The maximum absolute atomic E-state index is 10.3. The van der Waals surface area contributed by atoms with Crippen LogP contribution in [-0.4, -0.2) is 30.8 Å². The molecule has 4 heteroatoms. The molecule has 0 saturated heterocycles. The second-order valence-corrected chi connectivity index (χ2v) is 6.30. The van der Waals surface area contributed by atoms with Gasteiger partial charge in [0.15, 0.2) is 0 Å². The second kappa shape index (κ2) is 7.36. The van der Waals surface area contributed by atoms with Gasteiger partial charge in [0.05, 0.1) is 0 Å². The van der Waals surface area contributed by atoms with Crippen molar-refractivity contribution in [2.75, 3.05) is 11.9 Å². The van der Waals surface area contributed by atoms with Gasteiger partial charge in [-0.3, -0.25) is 0 Å². The molecule has 2 radical (unpaired) electrons. The van der Waals surface area contributed by atoms with Crippen LogP contribution in [0, 0.1) is 6.92 Å². The third-order valence-electron chi connectivity index (χ3n) is 3.70. The van der Waals surface area contributed by atoms with E-state index < -0.39 is 0 Å². The monoisotopic (exact) mass is 297 g/mol. The Hall–Kier alpha value is -1.94. The molecule has 0 bridgehead atoms. The van der Waals surface area contributed by atoms with Crippen LogP contribution in [0.5, 0.6) is 5.75 Å². The van der Waals surface area contributed by atoms with Gasteiger partial charge in [-0.2, -0.15) is 0 Å². The summed E-state index contributed by atoms with van der Waals surface area (Å²) in [7, 11) is 5.54. The van der Waals surface area contributed by atoms with Crippen LogP contribution >= 0.6 is 0 Å². The van der Waals surface area contributed by atoms with Crippen molar-refractivity contribution < 1.29 is 10.1 Å². The number of aromatic hydroxyl groups is 1. The minimum Gasteiger partial charge on any atom is -0.507 e. The van der Waals surface area contributed by atoms with Crippen molar-refractivity contribution in [3.63, 3.8) is 0 Å². The van der Waals surface area contributed by atoms with Crippen molar-refractivity contribution in [1.29, 1.82) is 0 Å². The smallest absolute Gasteiger partial charge is 0.277 e. The molecular weight excluding hydrogens is 273 g/mol. The molecule has 0 amide bonds. The van der Waals surface area contributed by atoms with Gasteiger partial charge in [0.2, 0.25) is 0 Å². The number of hydrogen-bond donors (Lipinski definition) is 2. The van der Waals surface area contributed by atoms with E-state index in [4.69, 9.17) is 5.02 Å². The molecule has 0 spiro atoms. The maximum atomic E-state index is 10.3. The summed E-state index contributed by atoms with van der Waals surface area (Å²) in [4.78, 5) is 2.16. The van der Waals surface area contributed by atoms with Gasteiger partial charge in [-0.25, -0.2) is 0 Å². The van der Waals surface area contributed by atoms with E-state index in [0.29, 0.717) is 5.75 Å². The molecular formula is C18H24BNO2. The Morgan fingerprint density at radius 3 is 2.14 bits per heavy atom. The van der Waals surface area contributed by atoms with E-state index in [9.17, 15) is 5.11 Å². The molecule has 0 saturated carbocycles. The number of phenolic OH excluding ortho intramolecular Hbond substituents is 1. The number of anilines is 1. The van der Waals surface area contributed by atoms with E-state index in [1.165, 1.54) is 5.56 Å². The van der Waals surface area contributed by atoms with Crippen LogP contribution < -0.4 is 4.90 Å². The summed E-state index contributed by atoms with van der Waals surface area (Å²) in [6, 6.07) is 14.1. The molecule has 2 aromatic carbocycles. The lowest BCUT2D eigenvalue weighted by atomic mass is 10.0. The number of hydrogen-bond acceptors (Lipinski definition) is 3. The summed E-state index contributed by atoms with van der Waals surface area (Å²) in [5.74, 6) is 0.323. The SMILES string of the molecule is Cc1cccc(-c2ccc(N(C)C(C)(C)C)cc2O)c1.[B]O. The van der Waals surface area contributed by atoms with Gasteiger partial charge in [-0.1, -0.05) is 29.8 Å². The summed E-state index contributed by atoms with van der Waals surface area (Å²) < 4.78 is 0. The summed E-state index contributed by atoms with van der Waals surface area (Å²) in [5, 5.41) is 16.8. The van der Waals surface area contributed by atoms with Gasteiger partial charge in [0, 0.05) is 29.9 Å². The van der Waals surface area contributed by atoms with E-state index in [2.05, 4.69) is 58.8 Å². The zero-order valence-electron chi connectivity index (χ0n) is 14.0. The minimum absolute atomic E-state index is 0.0251. The fourth-order valence-corrected chi connectivity index (χ4v) is 2.17. The lowest BCUT2D eigenvalue weighted by molar-refractivity contribution is 0.476. The van der Waals surface area contributed by atoms with Crippen LogP contribution in [0.15, 0.2) is 42.5 Å². The largest absolute Gasteiger partial charge is 0.507 e.